The topological polar surface area (TPSA) is 85.4 Å². The molecule has 0 saturated heterocycles. The predicted octanol–water partition coefficient (Wildman–Crippen LogP) is 2.88. The Morgan fingerprint density at radius 1 is 1.12 bits per heavy atom. The Kier molecular flexibility index (Phi) is 4.86. The van der Waals surface area contributed by atoms with E-state index in [4.69, 9.17) is 9.47 Å². The molecule has 1 fully saturated rings. The van der Waals surface area contributed by atoms with Gasteiger partial charge in [-0.15, -0.1) is 0 Å². The van der Waals surface area contributed by atoms with Crippen molar-refractivity contribution in [3.63, 3.8) is 0 Å². The van der Waals surface area contributed by atoms with E-state index in [-0.39, 0.29) is 18.7 Å². The van der Waals surface area contributed by atoms with Gasteiger partial charge in [0.1, 0.15) is 5.69 Å². The number of anilines is 1. The van der Waals surface area contributed by atoms with E-state index in [9.17, 15) is 4.79 Å². The number of benzene rings is 1. The minimum atomic E-state index is -0.134. The molecule has 136 valence electrons. The van der Waals surface area contributed by atoms with E-state index in [1.165, 1.54) is 19.3 Å². The summed E-state index contributed by atoms with van der Waals surface area (Å²) < 4.78 is 10.7. The number of rotatable bonds is 5. The lowest BCUT2D eigenvalue weighted by Crippen LogP contribution is -2.36. The monoisotopic (exact) mass is 354 g/mol. The van der Waals surface area contributed by atoms with Crippen molar-refractivity contribution in [3.05, 3.63) is 41.7 Å². The average molecular weight is 354 g/mol. The van der Waals surface area contributed by atoms with Crippen molar-refractivity contribution in [3.8, 4) is 11.5 Å². The number of ether oxygens (including phenoxy) is 2. The quantitative estimate of drug-likeness (QED) is 0.859. The molecule has 1 amide bonds. The van der Waals surface area contributed by atoms with Gasteiger partial charge in [0.25, 0.3) is 5.91 Å². The van der Waals surface area contributed by atoms with Crippen LogP contribution in [0.3, 0.4) is 0 Å². The minimum Gasteiger partial charge on any atom is -0.454 e. The molecular weight excluding hydrogens is 332 g/mol. The summed E-state index contributed by atoms with van der Waals surface area (Å²) in [5.74, 6) is 1.79. The molecule has 0 radical (unpaired) electrons. The molecule has 1 aliphatic carbocycles. The van der Waals surface area contributed by atoms with Crippen LogP contribution in [0.5, 0.6) is 11.5 Å². The summed E-state index contributed by atoms with van der Waals surface area (Å²) in [6, 6.07) is 7.67. The first kappa shape index (κ1) is 16.6. The second-order valence-corrected chi connectivity index (χ2v) is 6.62. The van der Waals surface area contributed by atoms with Gasteiger partial charge in [0, 0.05) is 18.8 Å². The SMILES string of the molecule is O=C(NC1CCCCC1)c1ccnc(NCc2ccc3c(c2)OCO3)n1. The van der Waals surface area contributed by atoms with Gasteiger partial charge in [0.15, 0.2) is 11.5 Å². The first-order valence-corrected chi connectivity index (χ1v) is 9.04. The van der Waals surface area contributed by atoms with E-state index in [1.54, 1.807) is 12.3 Å². The summed E-state index contributed by atoms with van der Waals surface area (Å²) in [7, 11) is 0. The van der Waals surface area contributed by atoms with Gasteiger partial charge in [0.2, 0.25) is 12.7 Å². The number of nitrogens with one attached hydrogen (secondary N) is 2. The van der Waals surface area contributed by atoms with Crippen LogP contribution in [0.4, 0.5) is 5.95 Å². The molecule has 7 heteroatoms. The van der Waals surface area contributed by atoms with Gasteiger partial charge in [-0.1, -0.05) is 25.3 Å². The number of amides is 1. The molecular formula is C19H22N4O3. The number of nitrogens with zero attached hydrogens (tertiary/aromatic N) is 2. The van der Waals surface area contributed by atoms with Gasteiger partial charge >= 0.3 is 0 Å². The molecule has 7 nitrogen and oxygen atoms in total. The average Bonchev–Trinajstić information content (AvgIpc) is 3.15. The van der Waals surface area contributed by atoms with Gasteiger partial charge in [-0.05, 0) is 36.6 Å². The fourth-order valence-electron chi connectivity index (χ4n) is 3.31. The molecule has 0 atom stereocenters. The maximum absolute atomic E-state index is 12.4. The Hall–Kier alpha value is -2.83. The number of hydrogen-bond donors (Lipinski definition) is 2. The highest BCUT2D eigenvalue weighted by molar-refractivity contribution is 5.92. The number of hydrogen-bond acceptors (Lipinski definition) is 6. The molecule has 1 aromatic heterocycles. The van der Waals surface area contributed by atoms with Gasteiger partial charge in [-0.2, -0.15) is 0 Å². The van der Waals surface area contributed by atoms with Crippen LogP contribution in [-0.4, -0.2) is 28.7 Å². The molecule has 0 spiro atoms. The van der Waals surface area contributed by atoms with Crippen LogP contribution in [0, 0.1) is 0 Å². The second kappa shape index (κ2) is 7.59. The highest BCUT2D eigenvalue weighted by Gasteiger charge is 2.18. The highest BCUT2D eigenvalue weighted by Crippen LogP contribution is 2.32. The predicted molar refractivity (Wildman–Crippen MR) is 96.3 cm³/mol. The third-order valence-corrected chi connectivity index (χ3v) is 4.72. The molecule has 2 aromatic rings. The van der Waals surface area contributed by atoms with Gasteiger partial charge in [-0.25, -0.2) is 9.97 Å². The highest BCUT2D eigenvalue weighted by atomic mass is 16.7. The van der Waals surface area contributed by atoms with Crippen molar-refractivity contribution in [2.75, 3.05) is 12.1 Å². The van der Waals surface area contributed by atoms with Crippen molar-refractivity contribution in [2.45, 2.75) is 44.7 Å². The summed E-state index contributed by atoms with van der Waals surface area (Å²) in [6.07, 6.45) is 7.31. The Morgan fingerprint density at radius 3 is 2.85 bits per heavy atom. The number of carbonyl (C=O) groups excluding carboxylic acids is 1. The normalized spacial score (nSPS) is 16.3. The summed E-state index contributed by atoms with van der Waals surface area (Å²) >= 11 is 0. The van der Waals surface area contributed by atoms with Crippen molar-refractivity contribution in [1.29, 1.82) is 0 Å². The minimum absolute atomic E-state index is 0.134. The van der Waals surface area contributed by atoms with Crippen LogP contribution >= 0.6 is 0 Å². The maximum Gasteiger partial charge on any atom is 0.270 e. The van der Waals surface area contributed by atoms with Crippen molar-refractivity contribution in [2.24, 2.45) is 0 Å². The summed E-state index contributed by atoms with van der Waals surface area (Å²) in [4.78, 5) is 20.9. The number of aromatic nitrogens is 2. The van der Waals surface area contributed by atoms with Crippen LogP contribution in [0.25, 0.3) is 0 Å². The standard InChI is InChI=1S/C19H22N4O3/c24-18(22-14-4-2-1-3-5-14)15-8-9-20-19(23-15)21-11-13-6-7-16-17(10-13)26-12-25-16/h6-10,14H,1-5,11-12H2,(H,22,24)(H,20,21,23). The lowest BCUT2D eigenvalue weighted by atomic mass is 9.95. The molecule has 1 aliphatic heterocycles. The summed E-state index contributed by atoms with van der Waals surface area (Å²) in [6.45, 7) is 0.789. The molecule has 4 rings (SSSR count). The molecule has 0 bridgehead atoms. The zero-order chi connectivity index (χ0) is 17.8. The van der Waals surface area contributed by atoms with E-state index in [0.29, 0.717) is 18.2 Å². The van der Waals surface area contributed by atoms with E-state index in [2.05, 4.69) is 20.6 Å². The fraction of sp³-hybridized carbons (Fsp3) is 0.421. The molecule has 1 aromatic carbocycles. The maximum atomic E-state index is 12.4. The van der Waals surface area contributed by atoms with Crippen LogP contribution in [0.1, 0.15) is 48.2 Å². The van der Waals surface area contributed by atoms with Crippen molar-refractivity contribution in [1.82, 2.24) is 15.3 Å². The molecule has 26 heavy (non-hydrogen) atoms. The number of carbonyl (C=O) groups is 1. The van der Waals surface area contributed by atoms with Crippen molar-refractivity contribution >= 4 is 11.9 Å². The number of fused-ring (bicyclic) bond motifs is 1. The van der Waals surface area contributed by atoms with Gasteiger partial charge in [0.05, 0.1) is 0 Å². The summed E-state index contributed by atoms with van der Waals surface area (Å²) in [5, 5.41) is 6.23. The summed E-state index contributed by atoms with van der Waals surface area (Å²) in [5.41, 5.74) is 1.41. The van der Waals surface area contributed by atoms with Crippen molar-refractivity contribution < 1.29 is 14.3 Å². The Labute approximate surface area is 152 Å². The van der Waals surface area contributed by atoms with Crippen LogP contribution < -0.4 is 20.1 Å². The Bertz CT molecular complexity index is 790. The van der Waals surface area contributed by atoms with Crippen LogP contribution in [0.15, 0.2) is 30.5 Å². The lowest BCUT2D eigenvalue weighted by Gasteiger charge is -2.22. The fourth-order valence-corrected chi connectivity index (χ4v) is 3.31. The molecule has 2 aliphatic rings. The molecule has 2 heterocycles. The Balaban J connectivity index is 1.37. The Morgan fingerprint density at radius 2 is 1.96 bits per heavy atom. The van der Waals surface area contributed by atoms with Gasteiger partial charge < -0.3 is 20.1 Å². The molecule has 1 saturated carbocycles. The van der Waals surface area contributed by atoms with E-state index >= 15 is 0 Å². The molecule has 2 N–H and O–H groups in total. The van der Waals surface area contributed by atoms with E-state index < -0.39 is 0 Å². The smallest absolute Gasteiger partial charge is 0.270 e. The first-order chi connectivity index (χ1) is 12.8. The third-order valence-electron chi connectivity index (χ3n) is 4.72. The van der Waals surface area contributed by atoms with Crippen LogP contribution in [0.2, 0.25) is 0 Å². The zero-order valence-corrected chi connectivity index (χ0v) is 14.5. The van der Waals surface area contributed by atoms with Gasteiger partial charge in [-0.3, -0.25) is 4.79 Å². The van der Waals surface area contributed by atoms with Crippen LogP contribution in [-0.2, 0) is 6.54 Å². The first-order valence-electron chi connectivity index (χ1n) is 9.04. The van der Waals surface area contributed by atoms with E-state index in [1.807, 2.05) is 18.2 Å². The largest absolute Gasteiger partial charge is 0.454 e. The lowest BCUT2D eigenvalue weighted by molar-refractivity contribution is 0.0922. The third kappa shape index (κ3) is 3.87. The van der Waals surface area contributed by atoms with E-state index in [0.717, 1.165) is 29.9 Å². The second-order valence-electron chi connectivity index (χ2n) is 6.62. The zero-order valence-electron chi connectivity index (χ0n) is 14.5. The molecule has 0 unspecified atom stereocenters.